The molecular formula is C17H25Cl2N5O2. The van der Waals surface area contributed by atoms with Crippen LogP contribution in [0.3, 0.4) is 0 Å². The van der Waals surface area contributed by atoms with Crippen molar-refractivity contribution >= 4 is 36.4 Å². The third-order valence-corrected chi connectivity index (χ3v) is 4.54. The zero-order chi connectivity index (χ0) is 17.3. The molecule has 1 aliphatic rings. The van der Waals surface area contributed by atoms with Crippen LogP contribution in [0.2, 0.25) is 0 Å². The minimum Gasteiger partial charge on any atom is -0.399 e. The summed E-state index contributed by atoms with van der Waals surface area (Å²) >= 11 is 0. The molecule has 1 unspecified atom stereocenters. The molecule has 9 heteroatoms. The normalized spacial score (nSPS) is 15.7. The van der Waals surface area contributed by atoms with Crippen molar-refractivity contribution in [3.8, 4) is 0 Å². The smallest absolute Gasteiger partial charge is 0.254 e. The van der Waals surface area contributed by atoms with Crippen molar-refractivity contribution < 1.29 is 9.32 Å². The van der Waals surface area contributed by atoms with Gasteiger partial charge in [-0.1, -0.05) is 11.2 Å². The Bertz CT molecular complexity index is 745. The van der Waals surface area contributed by atoms with Crippen LogP contribution in [0.1, 0.15) is 40.6 Å². The fourth-order valence-electron chi connectivity index (χ4n) is 2.99. The highest BCUT2D eigenvalue weighted by Crippen LogP contribution is 2.21. The lowest BCUT2D eigenvalue weighted by atomic mass is 10.1. The second-order valence-electron chi connectivity index (χ2n) is 6.26. The minimum absolute atomic E-state index is 0. The van der Waals surface area contributed by atoms with Gasteiger partial charge in [-0.3, -0.25) is 9.69 Å². The predicted molar refractivity (Wildman–Crippen MR) is 105 cm³/mol. The maximum absolute atomic E-state index is 12.7. The van der Waals surface area contributed by atoms with Gasteiger partial charge in [-0.2, -0.15) is 4.98 Å². The van der Waals surface area contributed by atoms with Crippen molar-refractivity contribution in [2.75, 3.05) is 31.9 Å². The van der Waals surface area contributed by atoms with Crippen molar-refractivity contribution in [1.82, 2.24) is 19.9 Å². The molecule has 2 N–H and O–H groups in total. The van der Waals surface area contributed by atoms with Gasteiger partial charge in [0.1, 0.15) is 0 Å². The van der Waals surface area contributed by atoms with Gasteiger partial charge in [-0.05, 0) is 38.5 Å². The van der Waals surface area contributed by atoms with E-state index in [4.69, 9.17) is 10.3 Å². The van der Waals surface area contributed by atoms with E-state index in [-0.39, 0.29) is 36.8 Å². The predicted octanol–water partition coefficient (Wildman–Crippen LogP) is 2.63. The lowest BCUT2D eigenvalue weighted by molar-refractivity contribution is 0.0551. The molecule has 7 nitrogen and oxygen atoms in total. The van der Waals surface area contributed by atoms with Crippen LogP contribution in [-0.2, 0) is 0 Å². The molecule has 1 aromatic heterocycles. The lowest BCUT2D eigenvalue weighted by Gasteiger charge is -2.37. The van der Waals surface area contributed by atoms with E-state index in [1.807, 2.05) is 37.8 Å². The molecule has 2 heterocycles. The van der Waals surface area contributed by atoms with Gasteiger partial charge < -0.3 is 15.2 Å². The number of rotatable bonds is 3. The number of nitrogens with two attached hydrogens (primary N) is 1. The van der Waals surface area contributed by atoms with Crippen LogP contribution < -0.4 is 5.73 Å². The summed E-state index contributed by atoms with van der Waals surface area (Å²) in [6, 6.07) is 5.52. The molecular weight excluding hydrogens is 377 g/mol. The largest absolute Gasteiger partial charge is 0.399 e. The van der Waals surface area contributed by atoms with Crippen molar-refractivity contribution in [3.05, 3.63) is 41.0 Å². The number of carbonyl (C=O) groups is 1. The van der Waals surface area contributed by atoms with E-state index < -0.39 is 0 Å². The Balaban J connectivity index is 0.00000169. The number of piperazine rings is 1. The highest BCUT2D eigenvalue weighted by Gasteiger charge is 2.28. The summed E-state index contributed by atoms with van der Waals surface area (Å²) in [6.07, 6.45) is 0. The summed E-state index contributed by atoms with van der Waals surface area (Å²) in [5.74, 6) is 1.31. The molecule has 0 aliphatic carbocycles. The molecule has 0 radical (unpaired) electrons. The third kappa shape index (κ3) is 4.66. The van der Waals surface area contributed by atoms with Crippen LogP contribution in [0.4, 0.5) is 5.69 Å². The molecule has 0 saturated carbocycles. The summed E-state index contributed by atoms with van der Waals surface area (Å²) in [6.45, 7) is 8.68. The standard InChI is InChI=1S/C17H23N5O2.2ClH/c1-11-4-5-14(18)10-15(11)17(23)22-8-6-21(7-9-22)12(2)16-19-13(3)20-24-16;;/h4-5,10,12H,6-9,18H2,1-3H3;2*1H. The number of nitrogen functional groups attached to an aromatic ring is 1. The molecule has 26 heavy (non-hydrogen) atoms. The number of aromatic nitrogens is 2. The van der Waals surface area contributed by atoms with E-state index in [9.17, 15) is 4.79 Å². The van der Waals surface area contributed by atoms with Gasteiger partial charge in [-0.15, -0.1) is 24.8 Å². The van der Waals surface area contributed by atoms with Gasteiger partial charge in [-0.25, -0.2) is 0 Å². The van der Waals surface area contributed by atoms with Crippen LogP contribution in [0, 0.1) is 13.8 Å². The summed E-state index contributed by atoms with van der Waals surface area (Å²) < 4.78 is 5.25. The highest BCUT2D eigenvalue weighted by molar-refractivity contribution is 5.96. The number of carbonyl (C=O) groups excluding carboxylic acids is 1. The Hall–Kier alpha value is -1.83. The number of aryl methyl sites for hydroxylation is 2. The lowest BCUT2D eigenvalue weighted by Crippen LogP contribution is -2.49. The Labute approximate surface area is 165 Å². The van der Waals surface area contributed by atoms with Gasteiger partial charge in [0, 0.05) is 37.4 Å². The Morgan fingerprint density at radius 1 is 1.19 bits per heavy atom. The van der Waals surface area contributed by atoms with Crippen molar-refractivity contribution in [2.24, 2.45) is 0 Å². The first-order valence-corrected chi connectivity index (χ1v) is 8.15. The SMILES string of the molecule is Cc1noc(C(C)N2CCN(C(=O)c3cc(N)ccc3C)CC2)n1.Cl.Cl. The van der Waals surface area contributed by atoms with Crippen molar-refractivity contribution in [3.63, 3.8) is 0 Å². The summed E-state index contributed by atoms with van der Waals surface area (Å²) in [4.78, 5) is 21.2. The monoisotopic (exact) mass is 401 g/mol. The molecule has 1 saturated heterocycles. The second kappa shape index (κ2) is 9.21. The fraction of sp³-hybridized carbons (Fsp3) is 0.471. The summed E-state index contributed by atoms with van der Waals surface area (Å²) in [5, 5.41) is 3.84. The number of nitrogens with zero attached hydrogens (tertiary/aromatic N) is 4. The van der Waals surface area contributed by atoms with Gasteiger partial charge >= 0.3 is 0 Å². The van der Waals surface area contributed by atoms with Crippen molar-refractivity contribution in [2.45, 2.75) is 26.8 Å². The molecule has 1 aromatic carbocycles. The van der Waals surface area contributed by atoms with E-state index in [0.29, 0.717) is 36.1 Å². The van der Waals surface area contributed by atoms with E-state index in [1.165, 1.54) is 0 Å². The molecule has 3 rings (SSSR count). The van der Waals surface area contributed by atoms with Crippen molar-refractivity contribution in [1.29, 1.82) is 0 Å². The maximum atomic E-state index is 12.7. The average molecular weight is 402 g/mol. The number of benzene rings is 1. The Kier molecular flexibility index (Phi) is 7.87. The first-order chi connectivity index (χ1) is 11.5. The van der Waals surface area contributed by atoms with Gasteiger partial charge in [0.25, 0.3) is 5.91 Å². The Morgan fingerprint density at radius 2 is 1.85 bits per heavy atom. The van der Waals surface area contributed by atoms with Gasteiger partial charge in [0.15, 0.2) is 5.82 Å². The number of hydrogen-bond acceptors (Lipinski definition) is 6. The molecule has 0 bridgehead atoms. The first kappa shape index (κ1) is 22.2. The third-order valence-electron chi connectivity index (χ3n) is 4.54. The maximum Gasteiger partial charge on any atom is 0.254 e. The minimum atomic E-state index is 0. The number of halogens is 2. The molecule has 1 fully saturated rings. The molecule has 2 aromatic rings. The molecule has 1 amide bonds. The fourth-order valence-corrected chi connectivity index (χ4v) is 2.99. The molecule has 0 spiro atoms. The topological polar surface area (TPSA) is 88.5 Å². The quantitative estimate of drug-likeness (QED) is 0.795. The van der Waals surface area contributed by atoms with Crippen LogP contribution in [0.15, 0.2) is 22.7 Å². The number of anilines is 1. The van der Waals surface area contributed by atoms with Gasteiger partial charge in [0.05, 0.1) is 6.04 Å². The van der Waals surface area contributed by atoms with E-state index in [0.717, 1.165) is 18.7 Å². The summed E-state index contributed by atoms with van der Waals surface area (Å²) in [5.41, 5.74) is 8.07. The second-order valence-corrected chi connectivity index (χ2v) is 6.26. The van der Waals surface area contributed by atoms with E-state index in [1.54, 1.807) is 6.07 Å². The van der Waals surface area contributed by atoms with E-state index >= 15 is 0 Å². The van der Waals surface area contributed by atoms with Gasteiger partial charge in [0.2, 0.25) is 5.89 Å². The first-order valence-electron chi connectivity index (χ1n) is 8.15. The van der Waals surface area contributed by atoms with E-state index in [2.05, 4.69) is 15.0 Å². The molecule has 144 valence electrons. The summed E-state index contributed by atoms with van der Waals surface area (Å²) in [7, 11) is 0. The molecule has 1 aliphatic heterocycles. The Morgan fingerprint density at radius 3 is 2.42 bits per heavy atom. The van der Waals surface area contributed by atoms with Crippen LogP contribution >= 0.6 is 24.8 Å². The highest BCUT2D eigenvalue weighted by atomic mass is 35.5. The average Bonchev–Trinajstić information content (AvgIpc) is 3.02. The van der Waals surface area contributed by atoms with Crippen LogP contribution in [0.25, 0.3) is 0 Å². The van der Waals surface area contributed by atoms with Crippen LogP contribution in [0.5, 0.6) is 0 Å². The zero-order valence-corrected chi connectivity index (χ0v) is 16.8. The zero-order valence-electron chi connectivity index (χ0n) is 15.1. The number of amides is 1. The molecule has 1 atom stereocenters. The van der Waals surface area contributed by atoms with Crippen LogP contribution in [-0.4, -0.2) is 52.0 Å². The number of hydrogen-bond donors (Lipinski definition) is 1.